The van der Waals surface area contributed by atoms with Gasteiger partial charge in [0.05, 0.1) is 10.5 Å². The van der Waals surface area contributed by atoms with Gasteiger partial charge in [-0.3, -0.25) is 10.1 Å². The van der Waals surface area contributed by atoms with E-state index in [0.29, 0.717) is 27.5 Å². The number of benzene rings is 3. The molecule has 3 aromatic rings. The normalized spacial score (nSPS) is 14.1. The van der Waals surface area contributed by atoms with E-state index < -0.39 is 16.9 Å². The number of esters is 2. The third-order valence-corrected chi connectivity index (χ3v) is 4.65. The van der Waals surface area contributed by atoms with Crippen molar-refractivity contribution in [2.24, 2.45) is 4.99 Å². The van der Waals surface area contributed by atoms with E-state index in [4.69, 9.17) is 21.1 Å². The maximum absolute atomic E-state index is 12.2. The number of cyclic esters (lactones) is 1. The van der Waals surface area contributed by atoms with Crippen LogP contribution in [0.15, 0.2) is 83.5 Å². The monoisotopic (exact) mass is 448 g/mol. The molecule has 9 heteroatoms. The second-order valence-electron chi connectivity index (χ2n) is 6.61. The van der Waals surface area contributed by atoms with Crippen LogP contribution in [0.25, 0.3) is 6.08 Å². The maximum Gasteiger partial charge on any atom is 0.363 e. The van der Waals surface area contributed by atoms with E-state index in [2.05, 4.69) is 4.99 Å². The molecule has 0 aliphatic carbocycles. The van der Waals surface area contributed by atoms with E-state index in [1.54, 1.807) is 54.6 Å². The Balaban J connectivity index is 1.49. The lowest BCUT2D eigenvalue weighted by Crippen LogP contribution is -2.08. The molecule has 8 nitrogen and oxygen atoms in total. The standard InChI is InChI=1S/C23H13ClN2O6/c24-17-8-6-15(7-9-17)22(27)31-19-10-4-14(5-11-19)12-20-23(28)32-21(25-20)16-2-1-3-18(13-16)26(29)30/h1-13H/b20-12-. The number of hydrogen-bond acceptors (Lipinski definition) is 7. The van der Waals surface area contributed by atoms with Crippen LogP contribution < -0.4 is 4.74 Å². The Morgan fingerprint density at radius 2 is 1.78 bits per heavy atom. The van der Waals surface area contributed by atoms with Gasteiger partial charge in [0, 0.05) is 22.7 Å². The van der Waals surface area contributed by atoms with Gasteiger partial charge in [-0.2, -0.15) is 0 Å². The molecule has 0 N–H and O–H groups in total. The molecule has 0 radical (unpaired) electrons. The van der Waals surface area contributed by atoms with E-state index in [1.165, 1.54) is 24.3 Å². The predicted molar refractivity (Wildman–Crippen MR) is 117 cm³/mol. The summed E-state index contributed by atoms with van der Waals surface area (Å²) in [5, 5.41) is 11.5. The van der Waals surface area contributed by atoms with E-state index in [1.807, 2.05) is 0 Å². The second kappa shape index (κ2) is 8.83. The summed E-state index contributed by atoms with van der Waals surface area (Å²) in [5.41, 5.74) is 1.20. The maximum atomic E-state index is 12.2. The van der Waals surface area contributed by atoms with Crippen molar-refractivity contribution < 1.29 is 24.0 Å². The molecule has 32 heavy (non-hydrogen) atoms. The average Bonchev–Trinajstić information content (AvgIpc) is 3.16. The molecule has 0 fully saturated rings. The highest BCUT2D eigenvalue weighted by Crippen LogP contribution is 2.23. The van der Waals surface area contributed by atoms with Gasteiger partial charge in [0.1, 0.15) is 5.75 Å². The number of hydrogen-bond donors (Lipinski definition) is 0. The Bertz CT molecular complexity index is 1280. The van der Waals surface area contributed by atoms with Crippen LogP contribution in [0.5, 0.6) is 5.75 Å². The Morgan fingerprint density at radius 3 is 2.47 bits per heavy atom. The molecule has 0 unspecified atom stereocenters. The molecule has 158 valence electrons. The molecule has 0 spiro atoms. The van der Waals surface area contributed by atoms with Crippen molar-refractivity contribution in [1.29, 1.82) is 0 Å². The van der Waals surface area contributed by atoms with Crippen LogP contribution >= 0.6 is 11.6 Å². The quantitative estimate of drug-likeness (QED) is 0.182. The molecule has 3 aromatic carbocycles. The summed E-state index contributed by atoms with van der Waals surface area (Å²) >= 11 is 5.81. The number of ether oxygens (including phenoxy) is 2. The van der Waals surface area contributed by atoms with Crippen LogP contribution in [-0.2, 0) is 9.53 Å². The van der Waals surface area contributed by atoms with Crippen molar-refractivity contribution in [3.05, 3.63) is 110 Å². The minimum Gasteiger partial charge on any atom is -0.423 e. The summed E-state index contributed by atoms with van der Waals surface area (Å²) in [5.74, 6) is -0.900. The largest absolute Gasteiger partial charge is 0.423 e. The van der Waals surface area contributed by atoms with E-state index in [0.717, 1.165) is 0 Å². The Morgan fingerprint density at radius 1 is 1.06 bits per heavy atom. The number of rotatable bonds is 5. The minimum absolute atomic E-state index is 0.0153. The lowest BCUT2D eigenvalue weighted by atomic mass is 10.2. The van der Waals surface area contributed by atoms with Crippen molar-refractivity contribution in [2.45, 2.75) is 0 Å². The number of aliphatic imine (C=N–C) groups is 1. The van der Waals surface area contributed by atoms with Gasteiger partial charge in [0.25, 0.3) is 5.69 Å². The molecular formula is C23H13ClN2O6. The van der Waals surface area contributed by atoms with Gasteiger partial charge in [0.15, 0.2) is 5.70 Å². The van der Waals surface area contributed by atoms with Crippen LogP contribution in [0, 0.1) is 10.1 Å². The Kier molecular flexibility index (Phi) is 5.78. The number of nitro groups is 1. The van der Waals surface area contributed by atoms with E-state index >= 15 is 0 Å². The SMILES string of the molecule is O=C1OC(c2cccc([N+](=O)[O-])c2)=N/C1=C\c1ccc(OC(=O)c2ccc(Cl)cc2)cc1. The van der Waals surface area contributed by atoms with Crippen LogP contribution in [0.3, 0.4) is 0 Å². The summed E-state index contributed by atoms with van der Waals surface area (Å²) in [6.07, 6.45) is 1.50. The van der Waals surface area contributed by atoms with Gasteiger partial charge < -0.3 is 9.47 Å². The summed E-state index contributed by atoms with van der Waals surface area (Å²) in [7, 11) is 0. The van der Waals surface area contributed by atoms with Gasteiger partial charge in [0.2, 0.25) is 5.90 Å². The molecule has 0 aromatic heterocycles. The fourth-order valence-corrected chi connectivity index (χ4v) is 2.95. The van der Waals surface area contributed by atoms with Gasteiger partial charge in [-0.25, -0.2) is 14.6 Å². The van der Waals surface area contributed by atoms with Crippen molar-refractivity contribution in [3.63, 3.8) is 0 Å². The zero-order chi connectivity index (χ0) is 22.7. The van der Waals surface area contributed by atoms with Gasteiger partial charge in [-0.15, -0.1) is 0 Å². The third-order valence-electron chi connectivity index (χ3n) is 4.40. The van der Waals surface area contributed by atoms with Crippen LogP contribution in [0.1, 0.15) is 21.5 Å². The fraction of sp³-hybridized carbons (Fsp3) is 0. The fourth-order valence-electron chi connectivity index (χ4n) is 2.83. The number of carbonyl (C=O) groups excluding carboxylic acids is 2. The zero-order valence-electron chi connectivity index (χ0n) is 16.2. The van der Waals surface area contributed by atoms with Gasteiger partial charge in [-0.1, -0.05) is 29.8 Å². The molecule has 1 heterocycles. The highest BCUT2D eigenvalue weighted by atomic mass is 35.5. The molecule has 1 aliphatic heterocycles. The van der Waals surface area contributed by atoms with Crippen molar-refractivity contribution >= 4 is 41.2 Å². The Labute approximate surface area is 186 Å². The first-order valence-corrected chi connectivity index (χ1v) is 9.62. The third kappa shape index (κ3) is 4.71. The molecular weight excluding hydrogens is 436 g/mol. The second-order valence-corrected chi connectivity index (χ2v) is 7.05. The van der Waals surface area contributed by atoms with E-state index in [-0.39, 0.29) is 17.3 Å². The summed E-state index contributed by atoms with van der Waals surface area (Å²) in [4.78, 5) is 38.9. The summed E-state index contributed by atoms with van der Waals surface area (Å²) in [6, 6.07) is 18.4. The minimum atomic E-state index is -0.676. The van der Waals surface area contributed by atoms with Gasteiger partial charge >= 0.3 is 11.9 Å². The van der Waals surface area contributed by atoms with Crippen molar-refractivity contribution in [1.82, 2.24) is 0 Å². The number of non-ortho nitro benzene ring substituents is 1. The summed E-state index contributed by atoms with van der Waals surface area (Å²) < 4.78 is 10.5. The predicted octanol–water partition coefficient (Wildman–Crippen LogP) is 4.81. The number of halogens is 1. The number of carbonyl (C=O) groups is 2. The van der Waals surface area contributed by atoms with Crippen LogP contribution in [-0.4, -0.2) is 22.8 Å². The average molecular weight is 449 g/mol. The molecule has 0 bridgehead atoms. The van der Waals surface area contributed by atoms with Crippen LogP contribution in [0.4, 0.5) is 5.69 Å². The van der Waals surface area contributed by atoms with Gasteiger partial charge in [-0.05, 0) is 54.1 Å². The molecule has 0 atom stereocenters. The highest BCUT2D eigenvalue weighted by Gasteiger charge is 2.25. The molecule has 1 aliphatic rings. The first kappa shape index (κ1) is 21.0. The first-order chi connectivity index (χ1) is 15.4. The number of nitrogens with zero attached hydrogens (tertiary/aromatic N) is 2. The van der Waals surface area contributed by atoms with E-state index in [9.17, 15) is 19.7 Å². The highest BCUT2D eigenvalue weighted by molar-refractivity contribution is 6.30. The van der Waals surface area contributed by atoms with Crippen molar-refractivity contribution in [3.8, 4) is 5.75 Å². The zero-order valence-corrected chi connectivity index (χ0v) is 17.0. The Hall–Kier alpha value is -4.30. The smallest absolute Gasteiger partial charge is 0.363 e. The lowest BCUT2D eigenvalue weighted by molar-refractivity contribution is -0.384. The molecule has 4 rings (SSSR count). The molecule has 0 amide bonds. The van der Waals surface area contributed by atoms with Crippen LogP contribution in [0.2, 0.25) is 5.02 Å². The van der Waals surface area contributed by atoms with Crippen molar-refractivity contribution in [2.75, 3.05) is 0 Å². The molecule has 0 saturated carbocycles. The number of nitro benzene ring substituents is 1. The topological polar surface area (TPSA) is 108 Å². The lowest BCUT2D eigenvalue weighted by Gasteiger charge is -2.05. The molecule has 0 saturated heterocycles. The first-order valence-electron chi connectivity index (χ1n) is 9.24. The summed E-state index contributed by atoms with van der Waals surface area (Å²) in [6.45, 7) is 0.